The largest absolute Gasteiger partial charge is 0.489 e. The van der Waals surface area contributed by atoms with E-state index in [1.165, 1.54) is 6.08 Å². The predicted octanol–water partition coefficient (Wildman–Crippen LogP) is 5.46. The lowest BCUT2D eigenvalue weighted by Gasteiger charge is -2.17. The van der Waals surface area contributed by atoms with Crippen LogP contribution in [-0.4, -0.2) is 23.1 Å². The molecule has 4 aromatic rings. The number of esters is 1. The van der Waals surface area contributed by atoms with Crippen LogP contribution >= 0.6 is 0 Å². The van der Waals surface area contributed by atoms with Crippen molar-refractivity contribution in [1.82, 2.24) is 4.57 Å². The standard InChI is InChI=1S/C30H30N2O4/c1-2-35-29(33)18-14-24-20-32(28(30(31)34)16-13-22-9-5-3-6-10-22)27-17-15-25(19-26(24)27)36-21-23-11-7-4-8-12-23/h3-12,14-15,17-20,28H,2,13,16,21H2,1H3,(H2,31,34). The Hall–Kier alpha value is -4.32. The van der Waals surface area contributed by atoms with Gasteiger partial charge >= 0.3 is 5.97 Å². The SMILES string of the molecule is CCOC(=O)C=Cc1cn(C(CCc2ccccc2)C(N)=O)c2ccc(OCc3ccccc3)cc12. The zero-order valence-electron chi connectivity index (χ0n) is 20.3. The molecule has 0 radical (unpaired) electrons. The molecule has 184 valence electrons. The smallest absolute Gasteiger partial charge is 0.330 e. The number of rotatable bonds is 11. The zero-order chi connectivity index (χ0) is 25.3. The molecule has 3 aromatic carbocycles. The van der Waals surface area contributed by atoms with Crippen LogP contribution in [-0.2, 0) is 27.4 Å². The molecule has 1 aromatic heterocycles. The number of hydrogen-bond donors (Lipinski definition) is 1. The Balaban J connectivity index is 1.67. The molecule has 6 heteroatoms. The first-order chi connectivity index (χ1) is 17.5. The fourth-order valence-electron chi connectivity index (χ4n) is 4.20. The first kappa shape index (κ1) is 24.8. The third kappa shape index (κ3) is 6.21. The summed E-state index contributed by atoms with van der Waals surface area (Å²) in [7, 11) is 0. The summed E-state index contributed by atoms with van der Waals surface area (Å²) in [4.78, 5) is 24.5. The number of amides is 1. The molecule has 4 rings (SSSR count). The second kappa shape index (κ2) is 11.9. The van der Waals surface area contributed by atoms with Gasteiger partial charge in [-0.3, -0.25) is 4.79 Å². The lowest BCUT2D eigenvalue weighted by atomic mass is 10.0. The molecule has 1 amide bonds. The van der Waals surface area contributed by atoms with Gasteiger partial charge in [0.25, 0.3) is 0 Å². The predicted molar refractivity (Wildman–Crippen MR) is 141 cm³/mol. The molecule has 1 unspecified atom stereocenters. The molecule has 0 aliphatic carbocycles. The van der Waals surface area contributed by atoms with Crippen molar-refractivity contribution in [2.24, 2.45) is 5.73 Å². The number of nitrogens with zero attached hydrogens (tertiary/aromatic N) is 1. The van der Waals surface area contributed by atoms with Crippen LogP contribution in [0.4, 0.5) is 0 Å². The number of fused-ring (bicyclic) bond motifs is 1. The maximum atomic E-state index is 12.5. The van der Waals surface area contributed by atoms with Crippen molar-refractivity contribution in [2.45, 2.75) is 32.4 Å². The normalized spacial score (nSPS) is 12.0. The van der Waals surface area contributed by atoms with E-state index in [9.17, 15) is 9.59 Å². The lowest BCUT2D eigenvalue weighted by molar-refractivity contribution is -0.137. The Kier molecular flexibility index (Phi) is 8.19. The Morgan fingerprint density at radius 1 is 0.972 bits per heavy atom. The highest BCUT2D eigenvalue weighted by Gasteiger charge is 2.21. The number of aromatic nitrogens is 1. The van der Waals surface area contributed by atoms with E-state index in [2.05, 4.69) is 0 Å². The second-order valence-corrected chi connectivity index (χ2v) is 8.47. The van der Waals surface area contributed by atoms with Gasteiger partial charge in [-0.25, -0.2) is 4.79 Å². The Morgan fingerprint density at radius 2 is 1.67 bits per heavy atom. The maximum absolute atomic E-state index is 12.5. The van der Waals surface area contributed by atoms with Gasteiger partial charge in [0.2, 0.25) is 5.91 Å². The fraction of sp³-hybridized carbons (Fsp3) is 0.200. The zero-order valence-corrected chi connectivity index (χ0v) is 20.3. The van der Waals surface area contributed by atoms with E-state index >= 15 is 0 Å². The molecular formula is C30H30N2O4. The third-order valence-electron chi connectivity index (χ3n) is 5.98. The molecule has 36 heavy (non-hydrogen) atoms. The van der Waals surface area contributed by atoms with Crippen LogP contribution in [0.25, 0.3) is 17.0 Å². The van der Waals surface area contributed by atoms with Crippen LogP contribution in [0.2, 0.25) is 0 Å². The number of hydrogen-bond acceptors (Lipinski definition) is 4. The van der Waals surface area contributed by atoms with Gasteiger partial charge in [-0.05, 0) is 55.2 Å². The molecule has 0 fully saturated rings. The number of primary amides is 1. The summed E-state index contributed by atoms with van der Waals surface area (Å²) in [6.45, 7) is 2.49. The van der Waals surface area contributed by atoms with E-state index < -0.39 is 17.9 Å². The molecule has 2 N–H and O–H groups in total. The molecular weight excluding hydrogens is 452 g/mol. The highest BCUT2D eigenvalue weighted by Crippen LogP contribution is 2.31. The number of nitrogens with two attached hydrogens (primary N) is 1. The molecule has 0 aliphatic rings. The lowest BCUT2D eigenvalue weighted by Crippen LogP contribution is -2.26. The van der Waals surface area contributed by atoms with Crippen molar-refractivity contribution in [3.8, 4) is 5.75 Å². The summed E-state index contributed by atoms with van der Waals surface area (Å²) in [6.07, 6.45) is 6.22. The minimum Gasteiger partial charge on any atom is -0.489 e. The van der Waals surface area contributed by atoms with Gasteiger partial charge in [0, 0.05) is 28.7 Å². The summed E-state index contributed by atoms with van der Waals surface area (Å²) in [6, 6.07) is 25.1. The van der Waals surface area contributed by atoms with Crippen LogP contribution in [0, 0.1) is 0 Å². The number of benzene rings is 3. The van der Waals surface area contributed by atoms with Crippen molar-refractivity contribution in [1.29, 1.82) is 0 Å². The Labute approximate surface area is 210 Å². The van der Waals surface area contributed by atoms with Crippen molar-refractivity contribution in [3.63, 3.8) is 0 Å². The summed E-state index contributed by atoms with van der Waals surface area (Å²) in [5.74, 6) is -0.145. The van der Waals surface area contributed by atoms with Gasteiger partial charge < -0.3 is 19.8 Å². The molecule has 0 spiro atoms. The number of carbonyl (C=O) groups excluding carboxylic acids is 2. The van der Waals surface area contributed by atoms with E-state index in [1.807, 2.05) is 89.6 Å². The minimum atomic E-state index is -0.548. The molecule has 1 atom stereocenters. The summed E-state index contributed by atoms with van der Waals surface area (Å²) in [5, 5.41) is 0.854. The van der Waals surface area contributed by atoms with Crippen LogP contribution in [0.1, 0.15) is 36.1 Å². The Morgan fingerprint density at radius 3 is 2.33 bits per heavy atom. The van der Waals surface area contributed by atoms with Crippen molar-refractivity contribution >= 4 is 28.9 Å². The quantitative estimate of drug-likeness (QED) is 0.227. The van der Waals surface area contributed by atoms with Gasteiger partial charge in [0.1, 0.15) is 18.4 Å². The molecule has 0 bridgehead atoms. The summed E-state index contributed by atoms with van der Waals surface area (Å²) >= 11 is 0. The van der Waals surface area contributed by atoms with E-state index in [-0.39, 0.29) is 0 Å². The van der Waals surface area contributed by atoms with E-state index in [1.54, 1.807) is 13.0 Å². The third-order valence-corrected chi connectivity index (χ3v) is 5.98. The molecule has 0 saturated heterocycles. The average Bonchev–Trinajstić information content (AvgIpc) is 3.25. The van der Waals surface area contributed by atoms with E-state index in [0.29, 0.717) is 31.8 Å². The van der Waals surface area contributed by atoms with Crippen LogP contribution in [0.5, 0.6) is 5.75 Å². The van der Waals surface area contributed by atoms with Crippen LogP contribution < -0.4 is 10.5 Å². The topological polar surface area (TPSA) is 83.5 Å². The van der Waals surface area contributed by atoms with Crippen LogP contribution in [0.15, 0.2) is 91.1 Å². The molecule has 6 nitrogen and oxygen atoms in total. The number of aryl methyl sites for hydroxylation is 1. The molecule has 0 aliphatic heterocycles. The number of ether oxygens (including phenoxy) is 2. The van der Waals surface area contributed by atoms with Gasteiger partial charge in [0.05, 0.1) is 6.61 Å². The summed E-state index contributed by atoms with van der Waals surface area (Å²) < 4.78 is 13.0. The summed E-state index contributed by atoms with van der Waals surface area (Å²) in [5.41, 5.74) is 9.67. The first-order valence-corrected chi connectivity index (χ1v) is 12.0. The van der Waals surface area contributed by atoms with Crippen LogP contribution in [0.3, 0.4) is 0 Å². The highest BCUT2D eigenvalue weighted by molar-refractivity contribution is 5.96. The van der Waals surface area contributed by atoms with Crippen molar-refractivity contribution < 1.29 is 19.1 Å². The molecule has 1 heterocycles. The van der Waals surface area contributed by atoms with E-state index in [0.717, 1.165) is 27.6 Å². The highest BCUT2D eigenvalue weighted by atomic mass is 16.5. The number of carbonyl (C=O) groups is 2. The maximum Gasteiger partial charge on any atom is 0.330 e. The van der Waals surface area contributed by atoms with Crippen molar-refractivity contribution in [3.05, 3.63) is 108 Å². The minimum absolute atomic E-state index is 0.297. The molecule has 0 saturated carbocycles. The van der Waals surface area contributed by atoms with E-state index in [4.69, 9.17) is 15.2 Å². The van der Waals surface area contributed by atoms with Crippen molar-refractivity contribution in [2.75, 3.05) is 6.61 Å². The monoisotopic (exact) mass is 482 g/mol. The van der Waals surface area contributed by atoms with Gasteiger partial charge in [-0.1, -0.05) is 60.7 Å². The Bertz CT molecular complexity index is 1340. The van der Waals surface area contributed by atoms with Gasteiger partial charge in [-0.2, -0.15) is 0 Å². The van der Waals surface area contributed by atoms with Gasteiger partial charge in [-0.15, -0.1) is 0 Å². The average molecular weight is 483 g/mol. The van der Waals surface area contributed by atoms with Gasteiger partial charge in [0.15, 0.2) is 0 Å². The first-order valence-electron chi connectivity index (χ1n) is 12.0. The second-order valence-electron chi connectivity index (χ2n) is 8.47. The fourth-order valence-corrected chi connectivity index (χ4v) is 4.20.